The van der Waals surface area contributed by atoms with Gasteiger partial charge in [-0.1, -0.05) is 15.9 Å². The lowest BCUT2D eigenvalue weighted by molar-refractivity contribution is -0.132. The lowest BCUT2D eigenvalue weighted by Gasteiger charge is -2.34. The number of hydrogen-bond acceptors (Lipinski definition) is 3. The van der Waals surface area contributed by atoms with Crippen LogP contribution in [0, 0.1) is 5.82 Å². The molecule has 1 atom stereocenters. The predicted octanol–water partition coefficient (Wildman–Crippen LogP) is 1.53. The highest BCUT2D eigenvalue weighted by Crippen LogP contribution is 2.18. The molecule has 19 heavy (non-hydrogen) atoms. The summed E-state index contributed by atoms with van der Waals surface area (Å²) < 4.78 is 19.4. The molecule has 0 spiro atoms. The molecule has 2 rings (SSSR count). The monoisotopic (exact) mass is 330 g/mol. The number of morpholine rings is 1. The van der Waals surface area contributed by atoms with Crippen LogP contribution in [0.1, 0.15) is 5.56 Å². The summed E-state index contributed by atoms with van der Waals surface area (Å²) in [5.41, 5.74) is 0.836. The summed E-state index contributed by atoms with van der Waals surface area (Å²) in [7, 11) is 1.61. The first-order valence-corrected chi connectivity index (χ1v) is 6.88. The molecule has 1 amide bonds. The van der Waals surface area contributed by atoms with Crippen LogP contribution in [-0.2, 0) is 16.1 Å². The van der Waals surface area contributed by atoms with Gasteiger partial charge >= 0.3 is 0 Å². The highest BCUT2D eigenvalue weighted by atomic mass is 79.9. The molecule has 0 radical (unpaired) electrons. The average Bonchev–Trinajstić information content (AvgIpc) is 2.37. The van der Waals surface area contributed by atoms with Gasteiger partial charge in [-0.3, -0.25) is 9.69 Å². The van der Waals surface area contributed by atoms with Crippen LogP contribution in [0.4, 0.5) is 4.39 Å². The topological polar surface area (TPSA) is 41.6 Å². The van der Waals surface area contributed by atoms with E-state index >= 15 is 0 Å². The van der Waals surface area contributed by atoms with Crippen molar-refractivity contribution in [3.63, 3.8) is 0 Å². The zero-order chi connectivity index (χ0) is 13.8. The van der Waals surface area contributed by atoms with E-state index in [1.54, 1.807) is 7.05 Å². The summed E-state index contributed by atoms with van der Waals surface area (Å²) in [5.74, 6) is -0.357. The first-order valence-electron chi connectivity index (χ1n) is 6.08. The molecule has 1 aliphatic rings. The van der Waals surface area contributed by atoms with E-state index in [9.17, 15) is 9.18 Å². The Kier molecular flexibility index (Phi) is 4.90. The van der Waals surface area contributed by atoms with E-state index in [0.29, 0.717) is 30.8 Å². The molecular weight excluding hydrogens is 315 g/mol. The lowest BCUT2D eigenvalue weighted by Crippen LogP contribution is -2.52. The van der Waals surface area contributed by atoms with E-state index in [1.807, 2.05) is 11.0 Å². The molecule has 0 aromatic heterocycles. The fourth-order valence-corrected chi connectivity index (χ4v) is 2.68. The second-order valence-electron chi connectivity index (χ2n) is 4.45. The van der Waals surface area contributed by atoms with Gasteiger partial charge in [0.05, 0.1) is 13.2 Å². The van der Waals surface area contributed by atoms with Crippen molar-refractivity contribution in [2.24, 2.45) is 0 Å². The minimum absolute atomic E-state index is 0.0739. The second kappa shape index (κ2) is 6.45. The molecule has 0 aliphatic carbocycles. The Morgan fingerprint density at radius 1 is 1.58 bits per heavy atom. The van der Waals surface area contributed by atoms with E-state index < -0.39 is 0 Å². The summed E-state index contributed by atoms with van der Waals surface area (Å²) >= 11 is 3.27. The fourth-order valence-electron chi connectivity index (χ4n) is 2.17. The summed E-state index contributed by atoms with van der Waals surface area (Å²) in [6.07, 6.45) is 0. The maximum Gasteiger partial charge on any atom is 0.239 e. The van der Waals surface area contributed by atoms with Crippen molar-refractivity contribution in [3.8, 4) is 0 Å². The van der Waals surface area contributed by atoms with Gasteiger partial charge < -0.3 is 10.1 Å². The molecule has 1 saturated heterocycles. The largest absolute Gasteiger partial charge is 0.378 e. The second-order valence-corrected chi connectivity index (χ2v) is 5.37. The molecule has 0 bridgehead atoms. The van der Waals surface area contributed by atoms with E-state index in [0.717, 1.165) is 5.56 Å². The van der Waals surface area contributed by atoms with Gasteiger partial charge in [0.2, 0.25) is 5.91 Å². The highest BCUT2D eigenvalue weighted by molar-refractivity contribution is 9.10. The van der Waals surface area contributed by atoms with E-state index in [4.69, 9.17) is 4.74 Å². The molecule has 1 aromatic carbocycles. The van der Waals surface area contributed by atoms with Crippen molar-refractivity contribution in [1.29, 1.82) is 0 Å². The van der Waals surface area contributed by atoms with Crippen LogP contribution >= 0.6 is 15.9 Å². The van der Waals surface area contributed by atoms with Crippen molar-refractivity contribution < 1.29 is 13.9 Å². The Labute approximate surface area is 120 Å². The zero-order valence-corrected chi connectivity index (χ0v) is 12.2. The minimum atomic E-state index is -0.319. The number of benzene rings is 1. The van der Waals surface area contributed by atoms with Gasteiger partial charge in [-0.2, -0.15) is 0 Å². The van der Waals surface area contributed by atoms with E-state index in [-0.39, 0.29) is 17.8 Å². The maximum absolute atomic E-state index is 13.4. The summed E-state index contributed by atoms with van der Waals surface area (Å²) in [6, 6.07) is 4.44. The standard InChI is InChI=1S/C13H16BrFN2O2/c1-16-13(18)12-8-19-3-2-17(12)7-9-4-10(14)6-11(15)5-9/h4-6,12H,2-3,7-8H2,1H3,(H,16,18). The average molecular weight is 331 g/mol. The van der Waals surface area contributed by atoms with Gasteiger partial charge in [-0.05, 0) is 23.8 Å². The van der Waals surface area contributed by atoms with Crippen molar-refractivity contribution in [2.45, 2.75) is 12.6 Å². The third-order valence-electron chi connectivity index (χ3n) is 3.10. The Morgan fingerprint density at radius 2 is 2.37 bits per heavy atom. The Morgan fingerprint density at radius 3 is 3.05 bits per heavy atom. The van der Waals surface area contributed by atoms with Crippen LogP contribution in [0.5, 0.6) is 0 Å². The molecule has 1 aromatic rings. The number of halogens is 2. The van der Waals surface area contributed by atoms with Crippen LogP contribution in [0.15, 0.2) is 22.7 Å². The number of nitrogens with one attached hydrogen (secondary N) is 1. The van der Waals surface area contributed by atoms with Crippen LogP contribution in [0.25, 0.3) is 0 Å². The third-order valence-corrected chi connectivity index (χ3v) is 3.55. The van der Waals surface area contributed by atoms with Crippen molar-refractivity contribution in [3.05, 3.63) is 34.1 Å². The molecule has 1 fully saturated rings. The summed E-state index contributed by atoms with van der Waals surface area (Å²) in [5, 5.41) is 2.63. The predicted molar refractivity (Wildman–Crippen MR) is 73.2 cm³/mol. The quantitative estimate of drug-likeness (QED) is 0.914. The van der Waals surface area contributed by atoms with E-state index in [2.05, 4.69) is 21.2 Å². The first-order chi connectivity index (χ1) is 9.10. The van der Waals surface area contributed by atoms with Crippen LogP contribution in [-0.4, -0.2) is 43.7 Å². The first kappa shape index (κ1) is 14.4. The number of amides is 1. The highest BCUT2D eigenvalue weighted by Gasteiger charge is 2.28. The van der Waals surface area contributed by atoms with Crippen LogP contribution < -0.4 is 5.32 Å². The fraction of sp³-hybridized carbons (Fsp3) is 0.462. The molecule has 1 unspecified atom stereocenters. The molecule has 1 heterocycles. The maximum atomic E-state index is 13.4. The van der Waals surface area contributed by atoms with Crippen molar-refractivity contribution >= 4 is 21.8 Å². The van der Waals surface area contributed by atoms with Gasteiger partial charge in [0.1, 0.15) is 11.9 Å². The lowest BCUT2D eigenvalue weighted by atomic mass is 10.1. The van der Waals surface area contributed by atoms with Crippen molar-refractivity contribution in [2.75, 3.05) is 26.8 Å². The minimum Gasteiger partial charge on any atom is -0.378 e. The van der Waals surface area contributed by atoms with Crippen molar-refractivity contribution in [1.82, 2.24) is 10.2 Å². The Balaban J connectivity index is 2.12. The Hall–Kier alpha value is -0.980. The Bertz CT molecular complexity index is 450. The van der Waals surface area contributed by atoms with Gasteiger partial charge in [0.15, 0.2) is 0 Å². The molecule has 104 valence electrons. The number of hydrogen-bond donors (Lipinski definition) is 1. The number of carbonyl (C=O) groups is 1. The normalized spacial score (nSPS) is 20.3. The molecule has 1 aliphatic heterocycles. The summed E-state index contributed by atoms with van der Waals surface area (Å²) in [4.78, 5) is 13.8. The van der Waals surface area contributed by atoms with Gasteiger partial charge in [0, 0.05) is 24.6 Å². The third kappa shape index (κ3) is 3.75. The zero-order valence-electron chi connectivity index (χ0n) is 10.7. The molecular formula is C13H16BrFN2O2. The summed E-state index contributed by atoms with van der Waals surface area (Å²) in [6.45, 7) is 2.14. The number of carbonyl (C=O) groups excluding carboxylic acids is 1. The molecule has 6 heteroatoms. The van der Waals surface area contributed by atoms with Gasteiger partial charge in [0.25, 0.3) is 0 Å². The number of ether oxygens (including phenoxy) is 1. The number of nitrogens with zero attached hydrogens (tertiary/aromatic N) is 1. The van der Waals surface area contributed by atoms with Gasteiger partial charge in [-0.15, -0.1) is 0 Å². The SMILES string of the molecule is CNC(=O)C1COCCN1Cc1cc(F)cc(Br)c1. The smallest absolute Gasteiger partial charge is 0.239 e. The van der Waals surface area contributed by atoms with Gasteiger partial charge in [-0.25, -0.2) is 4.39 Å². The molecule has 4 nitrogen and oxygen atoms in total. The number of likely N-dealkylation sites (N-methyl/N-ethyl adjacent to an activating group) is 1. The van der Waals surface area contributed by atoms with Crippen LogP contribution in [0.3, 0.4) is 0 Å². The van der Waals surface area contributed by atoms with E-state index in [1.165, 1.54) is 12.1 Å². The molecule has 1 N–H and O–H groups in total. The molecule has 0 saturated carbocycles. The van der Waals surface area contributed by atoms with Crippen LogP contribution in [0.2, 0.25) is 0 Å². The number of rotatable bonds is 3.